The third-order valence-electron chi connectivity index (χ3n) is 3.86. The minimum absolute atomic E-state index is 0.176. The summed E-state index contributed by atoms with van der Waals surface area (Å²) in [5.74, 6) is 0.832. The number of aliphatic imine (C=N–C) groups is 1. The molecule has 0 amide bonds. The SMILES string of the molecule is CSc1ccccc1NC(=N[C@H]1CCCC[C@@H]1N)NC(C)C. The van der Waals surface area contributed by atoms with Crippen LogP contribution in [0.15, 0.2) is 34.2 Å². The summed E-state index contributed by atoms with van der Waals surface area (Å²) in [7, 11) is 0. The molecule has 5 heteroatoms. The molecule has 0 spiro atoms. The molecule has 0 saturated heterocycles. The Hall–Kier alpha value is -1.20. The minimum Gasteiger partial charge on any atom is -0.354 e. The second-order valence-electron chi connectivity index (χ2n) is 6.12. The highest BCUT2D eigenvalue weighted by Crippen LogP contribution is 2.25. The van der Waals surface area contributed by atoms with Crippen molar-refractivity contribution in [1.29, 1.82) is 0 Å². The zero-order valence-electron chi connectivity index (χ0n) is 13.8. The van der Waals surface area contributed by atoms with Gasteiger partial charge in [0, 0.05) is 17.0 Å². The van der Waals surface area contributed by atoms with Gasteiger partial charge in [-0.3, -0.25) is 0 Å². The monoisotopic (exact) mass is 320 g/mol. The van der Waals surface area contributed by atoms with Crippen LogP contribution in [0.2, 0.25) is 0 Å². The molecule has 4 N–H and O–H groups in total. The summed E-state index contributed by atoms with van der Waals surface area (Å²) in [6, 6.07) is 9.02. The van der Waals surface area contributed by atoms with Gasteiger partial charge < -0.3 is 16.4 Å². The smallest absolute Gasteiger partial charge is 0.196 e. The standard InChI is InChI=1S/C17H28N4S/c1-12(2)19-17(20-14-9-5-4-8-13(14)18)21-15-10-6-7-11-16(15)22-3/h6-7,10-14H,4-5,8-9,18H2,1-3H3,(H2,19,20,21)/t13-,14-/m0/s1. The number of thioether (sulfide) groups is 1. The molecule has 2 rings (SSSR count). The summed E-state index contributed by atoms with van der Waals surface area (Å²) in [4.78, 5) is 6.10. The van der Waals surface area contributed by atoms with Crippen LogP contribution in [0.4, 0.5) is 5.69 Å². The van der Waals surface area contributed by atoms with Gasteiger partial charge in [0.15, 0.2) is 5.96 Å². The van der Waals surface area contributed by atoms with Crippen LogP contribution in [0.1, 0.15) is 39.5 Å². The topological polar surface area (TPSA) is 62.4 Å². The van der Waals surface area contributed by atoms with Gasteiger partial charge in [-0.1, -0.05) is 25.0 Å². The number of para-hydroxylation sites is 1. The van der Waals surface area contributed by atoms with Gasteiger partial charge in [0.1, 0.15) is 0 Å². The number of nitrogens with zero attached hydrogens (tertiary/aromatic N) is 1. The van der Waals surface area contributed by atoms with Crippen molar-refractivity contribution in [3.8, 4) is 0 Å². The number of rotatable bonds is 4. The number of nitrogens with one attached hydrogen (secondary N) is 2. The number of hydrogen-bond acceptors (Lipinski definition) is 3. The van der Waals surface area contributed by atoms with Crippen molar-refractivity contribution in [3.63, 3.8) is 0 Å². The summed E-state index contributed by atoms with van der Waals surface area (Å²) < 4.78 is 0. The lowest BCUT2D eigenvalue weighted by Gasteiger charge is -2.27. The van der Waals surface area contributed by atoms with Gasteiger partial charge in [-0.15, -0.1) is 11.8 Å². The molecule has 0 unspecified atom stereocenters. The fourth-order valence-electron chi connectivity index (χ4n) is 2.72. The highest BCUT2D eigenvalue weighted by molar-refractivity contribution is 7.98. The number of hydrogen-bond donors (Lipinski definition) is 3. The predicted octanol–water partition coefficient (Wildman–Crippen LogP) is 3.44. The van der Waals surface area contributed by atoms with Gasteiger partial charge in [0.2, 0.25) is 0 Å². The summed E-state index contributed by atoms with van der Waals surface area (Å²) in [5.41, 5.74) is 7.33. The molecular weight excluding hydrogens is 292 g/mol. The Morgan fingerprint density at radius 3 is 2.68 bits per heavy atom. The Morgan fingerprint density at radius 1 is 1.27 bits per heavy atom. The zero-order chi connectivity index (χ0) is 15.9. The fraction of sp³-hybridized carbons (Fsp3) is 0.588. The van der Waals surface area contributed by atoms with E-state index in [2.05, 4.69) is 48.9 Å². The second kappa shape index (κ2) is 8.44. The van der Waals surface area contributed by atoms with Crippen molar-refractivity contribution >= 4 is 23.4 Å². The molecule has 1 aliphatic rings. The summed E-state index contributed by atoms with van der Waals surface area (Å²) in [6.45, 7) is 4.25. The number of guanidine groups is 1. The lowest BCUT2D eigenvalue weighted by atomic mass is 9.91. The van der Waals surface area contributed by atoms with Crippen LogP contribution in [-0.4, -0.2) is 30.3 Å². The lowest BCUT2D eigenvalue weighted by molar-refractivity contribution is 0.385. The molecule has 0 aliphatic heterocycles. The molecule has 0 heterocycles. The molecule has 0 radical (unpaired) electrons. The van der Waals surface area contributed by atoms with Crippen LogP contribution >= 0.6 is 11.8 Å². The Morgan fingerprint density at radius 2 is 2.00 bits per heavy atom. The molecule has 0 aromatic heterocycles. The van der Waals surface area contributed by atoms with Gasteiger partial charge >= 0.3 is 0 Å². The normalized spacial score (nSPS) is 22.7. The third kappa shape index (κ3) is 4.92. The molecular formula is C17H28N4S. The maximum atomic E-state index is 6.24. The molecule has 2 atom stereocenters. The average molecular weight is 321 g/mol. The molecule has 0 bridgehead atoms. The van der Waals surface area contributed by atoms with Crippen LogP contribution in [-0.2, 0) is 0 Å². The van der Waals surface area contributed by atoms with E-state index in [1.807, 2.05) is 6.07 Å². The van der Waals surface area contributed by atoms with E-state index in [1.54, 1.807) is 11.8 Å². The maximum Gasteiger partial charge on any atom is 0.196 e. The van der Waals surface area contributed by atoms with E-state index in [1.165, 1.54) is 17.7 Å². The van der Waals surface area contributed by atoms with Crippen LogP contribution in [0, 0.1) is 0 Å². The van der Waals surface area contributed by atoms with E-state index < -0.39 is 0 Å². The molecule has 22 heavy (non-hydrogen) atoms. The molecule has 4 nitrogen and oxygen atoms in total. The van der Waals surface area contributed by atoms with Crippen molar-refractivity contribution < 1.29 is 0 Å². The highest BCUT2D eigenvalue weighted by atomic mass is 32.2. The van der Waals surface area contributed by atoms with Crippen molar-refractivity contribution in [2.24, 2.45) is 10.7 Å². The molecule has 1 saturated carbocycles. The Labute approximate surface area is 138 Å². The Kier molecular flexibility index (Phi) is 6.58. The average Bonchev–Trinajstić information content (AvgIpc) is 2.49. The van der Waals surface area contributed by atoms with E-state index in [9.17, 15) is 0 Å². The van der Waals surface area contributed by atoms with E-state index in [4.69, 9.17) is 10.7 Å². The molecule has 1 aliphatic carbocycles. The van der Waals surface area contributed by atoms with Gasteiger partial charge in [-0.25, -0.2) is 4.99 Å². The largest absolute Gasteiger partial charge is 0.354 e. The van der Waals surface area contributed by atoms with Crippen LogP contribution in [0.3, 0.4) is 0 Å². The first-order valence-corrected chi connectivity index (χ1v) is 9.32. The Bertz CT molecular complexity index is 501. The first-order valence-electron chi connectivity index (χ1n) is 8.10. The van der Waals surface area contributed by atoms with Crippen LogP contribution in [0.5, 0.6) is 0 Å². The summed E-state index contributed by atoms with van der Waals surface area (Å²) in [5, 5.41) is 6.88. The van der Waals surface area contributed by atoms with E-state index in [0.717, 1.165) is 24.5 Å². The van der Waals surface area contributed by atoms with Gasteiger partial charge in [0.05, 0.1) is 11.7 Å². The fourth-order valence-corrected chi connectivity index (χ4v) is 3.27. The molecule has 1 aromatic carbocycles. The Balaban J connectivity index is 2.18. The summed E-state index contributed by atoms with van der Waals surface area (Å²) >= 11 is 1.73. The molecule has 122 valence electrons. The van der Waals surface area contributed by atoms with Crippen LogP contribution < -0.4 is 16.4 Å². The second-order valence-corrected chi connectivity index (χ2v) is 6.97. The third-order valence-corrected chi connectivity index (χ3v) is 4.66. The van der Waals surface area contributed by atoms with Crippen LogP contribution in [0.25, 0.3) is 0 Å². The van der Waals surface area contributed by atoms with Crippen molar-refractivity contribution in [2.75, 3.05) is 11.6 Å². The number of anilines is 1. The molecule has 1 aromatic rings. The minimum atomic E-state index is 0.176. The highest BCUT2D eigenvalue weighted by Gasteiger charge is 2.22. The predicted molar refractivity (Wildman–Crippen MR) is 97.8 cm³/mol. The first-order chi connectivity index (χ1) is 10.6. The van der Waals surface area contributed by atoms with E-state index in [-0.39, 0.29) is 12.1 Å². The first kappa shape index (κ1) is 17.2. The van der Waals surface area contributed by atoms with E-state index in [0.29, 0.717) is 6.04 Å². The van der Waals surface area contributed by atoms with Crippen molar-refractivity contribution in [1.82, 2.24) is 5.32 Å². The summed E-state index contributed by atoms with van der Waals surface area (Å²) in [6.07, 6.45) is 6.69. The van der Waals surface area contributed by atoms with E-state index >= 15 is 0 Å². The quantitative estimate of drug-likeness (QED) is 0.452. The maximum absolute atomic E-state index is 6.24. The number of benzene rings is 1. The van der Waals surface area contributed by atoms with Gasteiger partial charge in [-0.05, 0) is 45.1 Å². The van der Waals surface area contributed by atoms with Gasteiger partial charge in [-0.2, -0.15) is 0 Å². The zero-order valence-corrected chi connectivity index (χ0v) is 14.6. The van der Waals surface area contributed by atoms with Crippen molar-refractivity contribution in [3.05, 3.63) is 24.3 Å². The van der Waals surface area contributed by atoms with Gasteiger partial charge in [0.25, 0.3) is 0 Å². The number of nitrogens with two attached hydrogens (primary N) is 1. The lowest BCUT2D eigenvalue weighted by Crippen LogP contribution is -2.42. The molecule has 1 fully saturated rings. The van der Waals surface area contributed by atoms with Crippen molar-refractivity contribution in [2.45, 2.75) is 62.6 Å².